The van der Waals surface area contributed by atoms with E-state index in [-0.39, 0.29) is 24.8 Å². The predicted molar refractivity (Wildman–Crippen MR) is 104 cm³/mol. The molecule has 0 atom stereocenters. The third-order valence-corrected chi connectivity index (χ3v) is 4.35. The highest BCUT2D eigenvalue weighted by Crippen LogP contribution is 2.33. The maximum Gasteiger partial charge on any atom is 0.434 e. The molecule has 0 saturated heterocycles. The number of hydrogen-bond donors (Lipinski definition) is 1. The van der Waals surface area contributed by atoms with Crippen molar-refractivity contribution in [2.75, 3.05) is 13.7 Å². The average molecular weight is 489 g/mol. The summed E-state index contributed by atoms with van der Waals surface area (Å²) in [5.74, 6) is -1.21. The molecule has 1 aromatic carbocycles. The molecule has 0 aliphatic rings. The summed E-state index contributed by atoms with van der Waals surface area (Å²) in [6, 6.07) is 8.48. The summed E-state index contributed by atoms with van der Waals surface area (Å²) < 4.78 is 87.3. The van der Waals surface area contributed by atoms with Gasteiger partial charge in [0.15, 0.2) is 11.5 Å². The molecule has 2 aromatic heterocycles. The van der Waals surface area contributed by atoms with Gasteiger partial charge in [-0.2, -0.15) is 31.4 Å². The second-order valence-corrected chi connectivity index (χ2v) is 6.86. The fourth-order valence-corrected chi connectivity index (χ4v) is 2.81. The summed E-state index contributed by atoms with van der Waals surface area (Å²) >= 11 is 0. The van der Waals surface area contributed by atoms with Gasteiger partial charge in [0, 0.05) is 12.6 Å². The fourth-order valence-electron chi connectivity index (χ4n) is 2.81. The highest BCUT2D eigenvalue weighted by atomic mass is 19.4. The van der Waals surface area contributed by atoms with E-state index in [1.165, 1.54) is 43.5 Å². The number of methoxy groups -OCH3 is 1. The van der Waals surface area contributed by atoms with Crippen molar-refractivity contribution in [2.24, 2.45) is 0 Å². The van der Waals surface area contributed by atoms with E-state index in [0.717, 1.165) is 6.20 Å². The maximum atomic E-state index is 13.7. The number of hydrogen-bond acceptors (Lipinski definition) is 6. The first-order valence-corrected chi connectivity index (χ1v) is 9.52. The summed E-state index contributed by atoms with van der Waals surface area (Å²) in [6.45, 7) is -1.79. The number of nitrogens with zero attached hydrogens (tertiary/aromatic N) is 4. The molecule has 14 heteroatoms. The number of nitrogens with one attached hydrogen (secondary N) is 1. The van der Waals surface area contributed by atoms with Gasteiger partial charge in [0.05, 0.1) is 25.5 Å². The Hall–Kier alpha value is -3.68. The van der Waals surface area contributed by atoms with Crippen LogP contribution in [0.2, 0.25) is 0 Å². The molecule has 3 rings (SSSR count). The van der Waals surface area contributed by atoms with Crippen LogP contribution < -0.4 is 10.1 Å². The first-order chi connectivity index (χ1) is 16.0. The number of carbonyl (C=O) groups is 1. The number of benzene rings is 1. The monoisotopic (exact) mass is 489 g/mol. The molecule has 0 bridgehead atoms. The number of amides is 1. The summed E-state index contributed by atoms with van der Waals surface area (Å²) in [6.07, 6.45) is -8.60. The van der Waals surface area contributed by atoms with Crippen LogP contribution in [0.3, 0.4) is 0 Å². The Labute approximate surface area is 188 Å². The average Bonchev–Trinajstić information content (AvgIpc) is 3.23. The molecule has 34 heavy (non-hydrogen) atoms. The third kappa shape index (κ3) is 6.43. The molecule has 8 nitrogen and oxygen atoms in total. The van der Waals surface area contributed by atoms with Gasteiger partial charge in [0.2, 0.25) is 5.88 Å². The Morgan fingerprint density at radius 1 is 1.00 bits per heavy atom. The first kappa shape index (κ1) is 25.0. The summed E-state index contributed by atoms with van der Waals surface area (Å²) in [5.41, 5.74) is -1.08. The number of halogens is 6. The van der Waals surface area contributed by atoms with Crippen LogP contribution >= 0.6 is 0 Å². The smallest absolute Gasteiger partial charge is 0.434 e. The minimum absolute atomic E-state index is 0.0837. The van der Waals surface area contributed by atoms with Crippen LogP contribution in [-0.2, 0) is 24.1 Å². The highest BCUT2D eigenvalue weighted by Gasteiger charge is 2.41. The molecule has 182 valence electrons. The minimum atomic E-state index is -4.93. The van der Waals surface area contributed by atoms with Crippen molar-refractivity contribution in [1.82, 2.24) is 25.3 Å². The zero-order valence-corrected chi connectivity index (χ0v) is 17.4. The van der Waals surface area contributed by atoms with E-state index in [1.807, 2.05) is 0 Å². The lowest BCUT2D eigenvalue weighted by molar-refractivity contribution is -0.176. The van der Waals surface area contributed by atoms with Crippen molar-refractivity contribution >= 4 is 5.91 Å². The predicted octanol–water partition coefficient (Wildman–Crippen LogP) is 3.70. The van der Waals surface area contributed by atoms with Crippen LogP contribution in [-0.4, -0.2) is 45.8 Å². The zero-order valence-electron chi connectivity index (χ0n) is 17.4. The SMILES string of the molecule is COc1ccc(-n2ncc(C(=O)NCc3ccc(COCC(F)(F)F)cc3)c2C(F)(F)F)nn1. The largest absolute Gasteiger partial charge is 0.480 e. The van der Waals surface area contributed by atoms with Crippen molar-refractivity contribution in [3.8, 4) is 11.7 Å². The lowest BCUT2D eigenvalue weighted by atomic mass is 10.1. The van der Waals surface area contributed by atoms with E-state index >= 15 is 0 Å². The number of alkyl halides is 6. The quantitative estimate of drug-likeness (QED) is 0.486. The van der Waals surface area contributed by atoms with Gasteiger partial charge in [0.25, 0.3) is 5.91 Å². The van der Waals surface area contributed by atoms with Gasteiger partial charge in [-0.05, 0) is 17.2 Å². The van der Waals surface area contributed by atoms with E-state index in [0.29, 0.717) is 15.8 Å². The van der Waals surface area contributed by atoms with E-state index in [2.05, 4.69) is 25.3 Å². The molecule has 0 unspecified atom stereocenters. The lowest BCUT2D eigenvalue weighted by Gasteiger charge is -2.12. The molecule has 1 N–H and O–H groups in total. The van der Waals surface area contributed by atoms with Gasteiger partial charge in [-0.3, -0.25) is 4.79 Å². The Bertz CT molecular complexity index is 1110. The summed E-state index contributed by atoms with van der Waals surface area (Å²) in [4.78, 5) is 12.5. The van der Waals surface area contributed by atoms with Crippen LogP contribution in [0.15, 0.2) is 42.6 Å². The highest BCUT2D eigenvalue weighted by molar-refractivity contribution is 5.95. The summed E-state index contributed by atoms with van der Waals surface area (Å²) in [5, 5.41) is 13.2. The fraction of sp³-hybridized carbons (Fsp3) is 0.300. The van der Waals surface area contributed by atoms with Gasteiger partial charge in [0.1, 0.15) is 6.61 Å². The van der Waals surface area contributed by atoms with Crippen LogP contribution in [0.25, 0.3) is 5.82 Å². The molecule has 0 fully saturated rings. The van der Waals surface area contributed by atoms with E-state index in [4.69, 9.17) is 4.74 Å². The second-order valence-electron chi connectivity index (χ2n) is 6.86. The molecule has 3 aromatic rings. The standard InChI is InChI=1S/C20H17F6N5O3/c1-33-16-7-6-15(29-30-16)31-17(20(24,25)26)14(9-28-31)18(32)27-8-12-2-4-13(5-3-12)10-34-11-19(21,22)23/h2-7,9H,8,10-11H2,1H3,(H,27,32). The van der Waals surface area contributed by atoms with Crippen LogP contribution in [0, 0.1) is 0 Å². The van der Waals surface area contributed by atoms with E-state index < -0.39 is 36.1 Å². The summed E-state index contributed by atoms with van der Waals surface area (Å²) in [7, 11) is 1.32. The van der Waals surface area contributed by atoms with Crippen LogP contribution in [0.4, 0.5) is 26.3 Å². The molecule has 0 saturated carbocycles. The normalized spacial score (nSPS) is 12.0. The zero-order chi connectivity index (χ0) is 24.9. The van der Waals surface area contributed by atoms with E-state index in [9.17, 15) is 31.1 Å². The third-order valence-electron chi connectivity index (χ3n) is 4.35. The molecular weight excluding hydrogens is 472 g/mol. The Kier molecular flexibility index (Phi) is 7.39. The molecule has 1 amide bonds. The number of rotatable bonds is 8. The molecule has 0 radical (unpaired) electrons. The molecule has 0 aliphatic carbocycles. The second kappa shape index (κ2) is 10.1. The van der Waals surface area contributed by atoms with Crippen LogP contribution in [0.5, 0.6) is 5.88 Å². The minimum Gasteiger partial charge on any atom is -0.480 e. The molecule has 0 aliphatic heterocycles. The van der Waals surface area contributed by atoms with Crippen LogP contribution in [0.1, 0.15) is 27.2 Å². The van der Waals surface area contributed by atoms with Gasteiger partial charge in [-0.25, -0.2) is 4.68 Å². The molecule has 0 spiro atoms. The van der Waals surface area contributed by atoms with Crippen molar-refractivity contribution in [3.05, 3.63) is 65.0 Å². The number of carbonyl (C=O) groups excluding carboxylic acids is 1. The molecular formula is C20H17F6N5O3. The topological polar surface area (TPSA) is 91.2 Å². The Morgan fingerprint density at radius 2 is 1.68 bits per heavy atom. The van der Waals surface area contributed by atoms with Crippen molar-refractivity contribution in [2.45, 2.75) is 25.5 Å². The van der Waals surface area contributed by atoms with Crippen molar-refractivity contribution < 1.29 is 40.6 Å². The van der Waals surface area contributed by atoms with E-state index in [1.54, 1.807) is 0 Å². The van der Waals surface area contributed by atoms with Gasteiger partial charge >= 0.3 is 12.4 Å². The maximum absolute atomic E-state index is 13.7. The number of aromatic nitrogens is 4. The van der Waals surface area contributed by atoms with Crippen molar-refractivity contribution in [1.29, 1.82) is 0 Å². The van der Waals surface area contributed by atoms with Gasteiger partial charge < -0.3 is 14.8 Å². The van der Waals surface area contributed by atoms with Crippen molar-refractivity contribution in [3.63, 3.8) is 0 Å². The Balaban J connectivity index is 1.69. The van der Waals surface area contributed by atoms with Gasteiger partial charge in [-0.1, -0.05) is 24.3 Å². The Morgan fingerprint density at radius 3 is 2.24 bits per heavy atom. The first-order valence-electron chi connectivity index (χ1n) is 9.52. The van der Waals surface area contributed by atoms with Gasteiger partial charge in [-0.15, -0.1) is 10.2 Å². The lowest BCUT2D eigenvalue weighted by Crippen LogP contribution is -2.26. The molecule has 2 heterocycles. The number of ether oxygens (including phenoxy) is 2.